The highest BCUT2D eigenvalue weighted by Gasteiger charge is 2.26. The van der Waals surface area contributed by atoms with Crippen LogP contribution in [0.5, 0.6) is 0 Å². The molecule has 0 unspecified atom stereocenters. The van der Waals surface area contributed by atoms with Gasteiger partial charge in [-0.1, -0.05) is 56.1 Å². The molecular weight excluding hydrogens is 535 g/mol. The highest BCUT2D eigenvalue weighted by Crippen LogP contribution is 2.41. The molecule has 0 fully saturated rings. The van der Waals surface area contributed by atoms with Crippen LogP contribution in [0.3, 0.4) is 0 Å². The van der Waals surface area contributed by atoms with Crippen LogP contribution in [-0.2, 0) is 0 Å². The summed E-state index contributed by atoms with van der Waals surface area (Å²) in [6.07, 6.45) is 0. The zero-order valence-electron chi connectivity index (χ0n) is 21.4. The molecule has 0 atom stereocenters. The molecule has 6 rings (SSSR count). The Morgan fingerprint density at radius 1 is 0.821 bits per heavy atom. The van der Waals surface area contributed by atoms with E-state index >= 15 is 0 Å². The first-order valence-corrected chi connectivity index (χ1v) is 13.7. The first-order valence-electron chi connectivity index (χ1n) is 12.4. The van der Waals surface area contributed by atoms with Gasteiger partial charge in [0.2, 0.25) is 0 Å². The lowest BCUT2D eigenvalue weighted by Crippen LogP contribution is -2.30. The van der Waals surface area contributed by atoms with Crippen molar-refractivity contribution in [1.29, 1.82) is 0 Å². The first kappa shape index (κ1) is 25.6. The summed E-state index contributed by atoms with van der Waals surface area (Å²) in [5.74, 6) is 0. The van der Waals surface area contributed by atoms with E-state index in [1.807, 2.05) is 43.4 Å². The van der Waals surface area contributed by atoms with Crippen molar-refractivity contribution in [3.8, 4) is 0 Å². The minimum atomic E-state index is 0.580. The summed E-state index contributed by atoms with van der Waals surface area (Å²) in [7, 11) is 2.05. The fraction of sp³-hybridized carbons (Fsp3) is 0.0303. The first-order chi connectivity index (χ1) is 18.7. The summed E-state index contributed by atoms with van der Waals surface area (Å²) in [6.45, 7) is 13.7. The SMILES string of the molecule is C=C(C1=c2c3ccccc3c(=C)c3c(Nc4cc(N)c(S)cc4S)ccc(c23)N(C)C1=C)c1cccc(S)c1. The molecule has 5 aromatic carbocycles. The largest absolute Gasteiger partial charge is 0.398 e. The van der Waals surface area contributed by atoms with Crippen LogP contribution >= 0.6 is 37.9 Å². The summed E-state index contributed by atoms with van der Waals surface area (Å²) in [6, 6.07) is 24.4. The molecule has 3 N–H and O–H groups in total. The van der Waals surface area contributed by atoms with Crippen molar-refractivity contribution in [2.24, 2.45) is 0 Å². The number of thiol groups is 3. The van der Waals surface area contributed by atoms with Crippen LogP contribution in [0.4, 0.5) is 22.7 Å². The Morgan fingerprint density at radius 3 is 2.31 bits per heavy atom. The van der Waals surface area contributed by atoms with E-state index in [1.165, 1.54) is 0 Å². The van der Waals surface area contributed by atoms with Gasteiger partial charge in [-0.05, 0) is 63.5 Å². The topological polar surface area (TPSA) is 41.3 Å². The molecule has 1 aliphatic rings. The van der Waals surface area contributed by atoms with E-state index in [-0.39, 0.29) is 0 Å². The van der Waals surface area contributed by atoms with Gasteiger partial charge in [-0.3, -0.25) is 0 Å². The second-order valence-electron chi connectivity index (χ2n) is 9.74. The number of fused-ring (bicyclic) bond motifs is 2. The van der Waals surface area contributed by atoms with E-state index in [0.29, 0.717) is 10.6 Å². The van der Waals surface area contributed by atoms with Crippen molar-refractivity contribution in [3.63, 3.8) is 0 Å². The minimum absolute atomic E-state index is 0.580. The standard InChI is InChI=1S/C33H27N3S3/c1-17(20-8-7-9-21(37)14-20)30-19(3)36(4)27-13-12-25(35-26-15-24(34)28(38)16-29(26)39)31-18(2)22-10-5-6-11-23(22)32(30)33(27)31/h5-16,35,37-39H,1-3,34H2,4H3. The van der Waals surface area contributed by atoms with Crippen LogP contribution in [0.25, 0.3) is 39.3 Å². The van der Waals surface area contributed by atoms with E-state index in [9.17, 15) is 0 Å². The number of benzene rings is 5. The predicted molar refractivity (Wildman–Crippen MR) is 179 cm³/mol. The van der Waals surface area contributed by atoms with Crippen molar-refractivity contribution in [2.75, 3.05) is 23.0 Å². The third-order valence-electron chi connectivity index (χ3n) is 7.47. The Morgan fingerprint density at radius 2 is 1.56 bits per heavy atom. The van der Waals surface area contributed by atoms with E-state index < -0.39 is 0 Å². The highest BCUT2D eigenvalue weighted by molar-refractivity contribution is 7.81. The van der Waals surface area contributed by atoms with E-state index in [2.05, 4.69) is 104 Å². The van der Waals surface area contributed by atoms with Gasteiger partial charge in [-0.15, -0.1) is 37.9 Å². The van der Waals surface area contributed by atoms with E-state index in [0.717, 1.165) is 81.2 Å². The molecule has 1 aliphatic heterocycles. The summed E-state index contributed by atoms with van der Waals surface area (Å²) in [5.41, 5.74) is 13.3. The summed E-state index contributed by atoms with van der Waals surface area (Å²) in [5, 5.41) is 9.93. The van der Waals surface area contributed by atoms with Gasteiger partial charge in [-0.25, -0.2) is 0 Å². The molecule has 0 aromatic heterocycles. The Hall–Kier alpha value is -3.71. The van der Waals surface area contributed by atoms with Crippen LogP contribution in [0.2, 0.25) is 0 Å². The lowest BCUT2D eigenvalue weighted by atomic mass is 9.86. The quantitative estimate of drug-likeness (QED) is 0.0901. The number of nitrogens with two attached hydrogens (primary N) is 1. The van der Waals surface area contributed by atoms with Gasteiger partial charge in [-0.2, -0.15) is 0 Å². The lowest BCUT2D eigenvalue weighted by molar-refractivity contribution is 1.15. The minimum Gasteiger partial charge on any atom is -0.398 e. The molecule has 192 valence electrons. The monoisotopic (exact) mass is 561 g/mol. The number of nitrogen functional groups attached to an aromatic ring is 1. The number of nitrogens with one attached hydrogen (secondary N) is 1. The summed E-state index contributed by atoms with van der Waals surface area (Å²) in [4.78, 5) is 4.46. The Kier molecular flexibility index (Phi) is 6.22. The average Bonchev–Trinajstić information content (AvgIpc) is 2.92. The molecule has 0 saturated carbocycles. The Balaban J connectivity index is 1.77. The van der Waals surface area contributed by atoms with Crippen molar-refractivity contribution in [2.45, 2.75) is 14.7 Å². The molecule has 0 aliphatic carbocycles. The Bertz CT molecular complexity index is 2010. The number of allylic oxidation sites excluding steroid dienone is 1. The molecule has 6 heteroatoms. The summed E-state index contributed by atoms with van der Waals surface area (Å²) >= 11 is 13.7. The van der Waals surface area contributed by atoms with Crippen LogP contribution < -0.4 is 26.4 Å². The summed E-state index contributed by atoms with van der Waals surface area (Å²) < 4.78 is 0. The molecule has 0 radical (unpaired) electrons. The van der Waals surface area contributed by atoms with Gasteiger partial charge in [0.05, 0.1) is 5.69 Å². The Labute approximate surface area is 244 Å². The molecule has 0 spiro atoms. The van der Waals surface area contributed by atoms with E-state index in [1.54, 1.807) is 0 Å². The number of rotatable bonds is 4. The van der Waals surface area contributed by atoms with Gasteiger partial charge in [0.15, 0.2) is 0 Å². The van der Waals surface area contributed by atoms with Crippen LogP contribution in [0.1, 0.15) is 5.56 Å². The molecule has 5 aromatic rings. The average molecular weight is 562 g/mol. The predicted octanol–water partition coefficient (Wildman–Crippen LogP) is 7.42. The maximum Gasteiger partial charge on any atom is 0.0541 e. The highest BCUT2D eigenvalue weighted by atomic mass is 32.1. The third-order valence-corrected chi connectivity index (χ3v) is 8.51. The maximum atomic E-state index is 6.19. The lowest BCUT2D eigenvalue weighted by Gasteiger charge is -2.32. The smallest absolute Gasteiger partial charge is 0.0541 e. The molecule has 0 bridgehead atoms. The fourth-order valence-electron chi connectivity index (χ4n) is 5.49. The second-order valence-corrected chi connectivity index (χ2v) is 11.2. The molecule has 3 nitrogen and oxygen atoms in total. The van der Waals surface area contributed by atoms with Crippen LogP contribution in [0, 0.1) is 0 Å². The molecule has 1 heterocycles. The van der Waals surface area contributed by atoms with Crippen molar-refractivity contribution >= 4 is 99.9 Å². The number of nitrogens with zero attached hydrogens (tertiary/aromatic N) is 1. The molecule has 0 saturated heterocycles. The number of hydrogen-bond donors (Lipinski definition) is 5. The molecular formula is C33H27N3S3. The van der Waals surface area contributed by atoms with Crippen molar-refractivity contribution < 1.29 is 0 Å². The fourth-order valence-corrected chi connectivity index (χ4v) is 6.26. The van der Waals surface area contributed by atoms with E-state index in [4.69, 9.17) is 5.73 Å². The van der Waals surface area contributed by atoms with Crippen LogP contribution in [-0.4, -0.2) is 7.05 Å². The zero-order chi connectivity index (χ0) is 27.6. The molecule has 39 heavy (non-hydrogen) atoms. The molecule has 0 amide bonds. The van der Waals surface area contributed by atoms with Crippen molar-refractivity contribution in [3.05, 3.63) is 108 Å². The van der Waals surface area contributed by atoms with Gasteiger partial charge < -0.3 is 16.0 Å². The number of anilines is 4. The van der Waals surface area contributed by atoms with Gasteiger partial charge in [0.25, 0.3) is 0 Å². The van der Waals surface area contributed by atoms with Gasteiger partial charge in [0, 0.05) is 66.1 Å². The second kappa shape index (κ2) is 9.49. The van der Waals surface area contributed by atoms with Gasteiger partial charge >= 0.3 is 0 Å². The number of hydrogen-bond acceptors (Lipinski definition) is 6. The maximum absolute atomic E-state index is 6.19. The van der Waals surface area contributed by atoms with Gasteiger partial charge in [0.1, 0.15) is 0 Å². The normalized spacial score (nSPS) is 12.9. The zero-order valence-corrected chi connectivity index (χ0v) is 24.1. The van der Waals surface area contributed by atoms with Crippen molar-refractivity contribution in [1.82, 2.24) is 0 Å². The van der Waals surface area contributed by atoms with Crippen LogP contribution in [0.15, 0.2) is 106 Å². The third kappa shape index (κ3) is 4.02.